The number of fused-ring (bicyclic) bond motifs is 1. The zero-order valence-electron chi connectivity index (χ0n) is 7.44. The first-order chi connectivity index (χ1) is 6.61. The Balaban J connectivity index is 2.94. The summed E-state index contributed by atoms with van der Waals surface area (Å²) in [5, 5.41) is 3.90. The maximum atomic E-state index is 6.08. The number of halogens is 3. The summed E-state index contributed by atoms with van der Waals surface area (Å²) in [5.41, 5.74) is 1.03. The standard InChI is InChI=1S/C11H7Cl3/c1-6-7-2-5-10(13)11(14)8(7)3-4-9(6)12/h2-5H,1H3. The van der Waals surface area contributed by atoms with Crippen LogP contribution in [0.5, 0.6) is 0 Å². The zero-order valence-corrected chi connectivity index (χ0v) is 9.71. The van der Waals surface area contributed by atoms with Crippen LogP contribution in [0.25, 0.3) is 10.8 Å². The average molecular weight is 246 g/mol. The van der Waals surface area contributed by atoms with Crippen LogP contribution < -0.4 is 0 Å². The van der Waals surface area contributed by atoms with E-state index in [1.807, 2.05) is 25.1 Å². The van der Waals surface area contributed by atoms with Gasteiger partial charge in [-0.3, -0.25) is 0 Å². The zero-order chi connectivity index (χ0) is 10.3. The fourth-order valence-corrected chi connectivity index (χ4v) is 2.02. The molecule has 0 aliphatic carbocycles. The molecule has 0 aromatic heterocycles. The lowest BCUT2D eigenvalue weighted by atomic mass is 10.1. The Morgan fingerprint density at radius 2 is 1.36 bits per heavy atom. The summed E-state index contributed by atoms with van der Waals surface area (Å²) in [5.74, 6) is 0. The Kier molecular flexibility index (Phi) is 2.61. The molecule has 0 saturated carbocycles. The van der Waals surface area contributed by atoms with Gasteiger partial charge in [0.1, 0.15) is 0 Å². The highest BCUT2D eigenvalue weighted by atomic mass is 35.5. The summed E-state index contributed by atoms with van der Waals surface area (Å²) in [6.07, 6.45) is 0. The largest absolute Gasteiger partial charge is 0.0840 e. The molecule has 0 N–H and O–H groups in total. The Morgan fingerprint density at radius 3 is 2.07 bits per heavy atom. The maximum absolute atomic E-state index is 6.08. The molecular formula is C11H7Cl3. The third-order valence-electron chi connectivity index (χ3n) is 2.29. The molecule has 72 valence electrons. The van der Waals surface area contributed by atoms with Gasteiger partial charge in [0, 0.05) is 10.4 Å². The summed E-state index contributed by atoms with van der Waals surface area (Å²) < 4.78 is 0. The van der Waals surface area contributed by atoms with Crippen molar-refractivity contribution in [1.29, 1.82) is 0 Å². The lowest BCUT2D eigenvalue weighted by Gasteiger charge is -2.06. The van der Waals surface area contributed by atoms with E-state index in [0.29, 0.717) is 10.0 Å². The predicted molar refractivity (Wildman–Crippen MR) is 63.7 cm³/mol. The van der Waals surface area contributed by atoms with E-state index in [9.17, 15) is 0 Å². The number of hydrogen-bond donors (Lipinski definition) is 0. The molecule has 0 spiro atoms. The van der Waals surface area contributed by atoms with Crippen LogP contribution in [0.1, 0.15) is 5.56 Å². The lowest BCUT2D eigenvalue weighted by Crippen LogP contribution is -1.81. The molecule has 2 aromatic carbocycles. The number of rotatable bonds is 0. The fourth-order valence-electron chi connectivity index (χ4n) is 1.47. The van der Waals surface area contributed by atoms with Gasteiger partial charge in [0.2, 0.25) is 0 Å². The second kappa shape index (κ2) is 3.62. The van der Waals surface area contributed by atoms with Crippen LogP contribution in [0.3, 0.4) is 0 Å². The van der Waals surface area contributed by atoms with E-state index in [1.54, 1.807) is 6.07 Å². The van der Waals surface area contributed by atoms with E-state index in [4.69, 9.17) is 34.8 Å². The van der Waals surface area contributed by atoms with Gasteiger partial charge in [-0.1, -0.05) is 46.9 Å². The molecule has 2 rings (SSSR count). The molecule has 0 saturated heterocycles. The van der Waals surface area contributed by atoms with E-state index in [1.165, 1.54) is 0 Å². The molecule has 0 nitrogen and oxygen atoms in total. The highest BCUT2D eigenvalue weighted by molar-refractivity contribution is 6.45. The van der Waals surface area contributed by atoms with Gasteiger partial charge in [0.05, 0.1) is 10.0 Å². The Morgan fingerprint density at radius 1 is 0.786 bits per heavy atom. The van der Waals surface area contributed by atoms with Crippen LogP contribution in [0.2, 0.25) is 15.1 Å². The number of aryl methyl sites for hydroxylation is 1. The SMILES string of the molecule is Cc1c(Cl)ccc2c(Cl)c(Cl)ccc12. The minimum absolute atomic E-state index is 0.570. The lowest BCUT2D eigenvalue weighted by molar-refractivity contribution is 1.53. The van der Waals surface area contributed by atoms with Crippen molar-refractivity contribution < 1.29 is 0 Å². The molecule has 0 bridgehead atoms. The monoisotopic (exact) mass is 244 g/mol. The van der Waals surface area contributed by atoms with E-state index in [2.05, 4.69) is 0 Å². The molecular weight excluding hydrogens is 238 g/mol. The van der Waals surface area contributed by atoms with Gasteiger partial charge >= 0.3 is 0 Å². The van der Waals surface area contributed by atoms with Crippen molar-refractivity contribution in [3.8, 4) is 0 Å². The first-order valence-corrected chi connectivity index (χ1v) is 5.27. The maximum Gasteiger partial charge on any atom is 0.0670 e. The second-order valence-corrected chi connectivity index (χ2v) is 4.32. The van der Waals surface area contributed by atoms with Crippen molar-refractivity contribution in [3.05, 3.63) is 44.9 Å². The van der Waals surface area contributed by atoms with Gasteiger partial charge in [-0.05, 0) is 30.0 Å². The number of hydrogen-bond acceptors (Lipinski definition) is 0. The first-order valence-electron chi connectivity index (χ1n) is 4.14. The van der Waals surface area contributed by atoms with Crippen molar-refractivity contribution in [2.75, 3.05) is 0 Å². The van der Waals surface area contributed by atoms with Crippen LogP contribution in [0, 0.1) is 6.92 Å². The second-order valence-electron chi connectivity index (χ2n) is 3.13. The summed E-state index contributed by atoms with van der Waals surface area (Å²) in [6, 6.07) is 7.45. The molecule has 0 aliphatic rings. The van der Waals surface area contributed by atoms with E-state index >= 15 is 0 Å². The molecule has 0 radical (unpaired) electrons. The van der Waals surface area contributed by atoms with Gasteiger partial charge in [0.15, 0.2) is 0 Å². The van der Waals surface area contributed by atoms with Gasteiger partial charge < -0.3 is 0 Å². The normalized spacial score (nSPS) is 10.9. The van der Waals surface area contributed by atoms with Gasteiger partial charge in [-0.25, -0.2) is 0 Å². The molecule has 3 heteroatoms. The van der Waals surface area contributed by atoms with Crippen molar-refractivity contribution in [2.24, 2.45) is 0 Å². The minimum Gasteiger partial charge on any atom is -0.0840 e. The third-order valence-corrected chi connectivity index (χ3v) is 3.52. The van der Waals surface area contributed by atoms with Crippen LogP contribution in [0.4, 0.5) is 0 Å². The molecule has 0 aliphatic heterocycles. The predicted octanol–water partition coefficient (Wildman–Crippen LogP) is 5.11. The molecule has 0 amide bonds. The fraction of sp³-hybridized carbons (Fsp3) is 0.0909. The molecule has 14 heavy (non-hydrogen) atoms. The van der Waals surface area contributed by atoms with Crippen LogP contribution >= 0.6 is 34.8 Å². The quantitative estimate of drug-likeness (QED) is 0.605. The topological polar surface area (TPSA) is 0 Å². The van der Waals surface area contributed by atoms with E-state index in [0.717, 1.165) is 21.4 Å². The summed E-state index contributed by atoms with van der Waals surface area (Å²) in [7, 11) is 0. The summed E-state index contributed by atoms with van der Waals surface area (Å²) in [6.45, 7) is 1.97. The van der Waals surface area contributed by atoms with Gasteiger partial charge in [-0.2, -0.15) is 0 Å². The first kappa shape index (κ1) is 10.1. The Bertz CT molecular complexity index is 456. The van der Waals surface area contributed by atoms with Gasteiger partial charge in [0.25, 0.3) is 0 Å². The summed E-state index contributed by atoms with van der Waals surface area (Å²) in [4.78, 5) is 0. The summed E-state index contributed by atoms with van der Waals surface area (Å²) >= 11 is 18.0. The van der Waals surface area contributed by atoms with Gasteiger partial charge in [-0.15, -0.1) is 0 Å². The van der Waals surface area contributed by atoms with Crippen LogP contribution in [-0.2, 0) is 0 Å². The van der Waals surface area contributed by atoms with Crippen molar-refractivity contribution >= 4 is 45.6 Å². The van der Waals surface area contributed by atoms with Crippen LogP contribution in [0.15, 0.2) is 24.3 Å². The number of benzene rings is 2. The molecule has 0 heterocycles. The average Bonchev–Trinajstić information content (AvgIpc) is 2.17. The van der Waals surface area contributed by atoms with Crippen molar-refractivity contribution in [3.63, 3.8) is 0 Å². The molecule has 0 unspecified atom stereocenters. The van der Waals surface area contributed by atoms with E-state index in [-0.39, 0.29) is 0 Å². The van der Waals surface area contributed by atoms with E-state index < -0.39 is 0 Å². The smallest absolute Gasteiger partial charge is 0.0670 e. The minimum atomic E-state index is 0.570. The van der Waals surface area contributed by atoms with Crippen LogP contribution in [-0.4, -0.2) is 0 Å². The Hall–Kier alpha value is -0.430. The molecule has 0 atom stereocenters. The Labute approximate surface area is 97.4 Å². The highest BCUT2D eigenvalue weighted by Gasteiger charge is 2.07. The molecule has 0 fully saturated rings. The molecule has 2 aromatic rings. The van der Waals surface area contributed by atoms with Crippen molar-refractivity contribution in [2.45, 2.75) is 6.92 Å². The third kappa shape index (κ3) is 1.48. The highest BCUT2D eigenvalue weighted by Crippen LogP contribution is 2.34. The van der Waals surface area contributed by atoms with Crippen molar-refractivity contribution in [1.82, 2.24) is 0 Å².